The van der Waals surface area contributed by atoms with Gasteiger partial charge in [-0.2, -0.15) is 0 Å². The summed E-state index contributed by atoms with van der Waals surface area (Å²) in [7, 11) is 0. The van der Waals surface area contributed by atoms with Crippen LogP contribution in [0.5, 0.6) is 0 Å². The van der Waals surface area contributed by atoms with E-state index in [1.165, 1.54) is 6.33 Å². The Labute approximate surface area is 155 Å². The van der Waals surface area contributed by atoms with Crippen molar-refractivity contribution in [1.82, 2.24) is 9.97 Å². The highest BCUT2D eigenvalue weighted by molar-refractivity contribution is 6.35. The number of hydrogen-bond acceptors (Lipinski definition) is 6. The van der Waals surface area contributed by atoms with Gasteiger partial charge in [0.15, 0.2) is 0 Å². The zero-order valence-electron chi connectivity index (χ0n) is 13.4. The number of hydrogen-bond donors (Lipinski definition) is 1. The lowest BCUT2D eigenvalue weighted by Crippen LogP contribution is -2.26. The van der Waals surface area contributed by atoms with Crippen LogP contribution in [0.3, 0.4) is 0 Å². The molecule has 9 heteroatoms. The Balaban J connectivity index is 1.98. The molecular weight excluding hydrogens is 365 g/mol. The summed E-state index contributed by atoms with van der Waals surface area (Å²) in [5.74, 6) is 0.468. The average Bonchev–Trinajstić information content (AvgIpc) is 2.82. The number of halogens is 2. The number of benzene rings is 1. The lowest BCUT2D eigenvalue weighted by molar-refractivity contribution is -0.383. The van der Waals surface area contributed by atoms with E-state index in [4.69, 9.17) is 23.2 Å². The van der Waals surface area contributed by atoms with Gasteiger partial charge in [0.1, 0.15) is 6.33 Å². The summed E-state index contributed by atoms with van der Waals surface area (Å²) in [4.78, 5) is 21.5. The Morgan fingerprint density at radius 3 is 2.28 bits per heavy atom. The number of aromatic nitrogens is 2. The van der Waals surface area contributed by atoms with E-state index in [2.05, 4.69) is 15.3 Å². The Morgan fingerprint density at radius 1 is 1.04 bits per heavy atom. The minimum Gasteiger partial charge on any atom is -0.351 e. The van der Waals surface area contributed by atoms with Gasteiger partial charge in [-0.3, -0.25) is 10.1 Å². The topological polar surface area (TPSA) is 84.2 Å². The van der Waals surface area contributed by atoms with Crippen LogP contribution >= 0.6 is 23.2 Å². The molecule has 0 saturated carbocycles. The first kappa shape index (κ1) is 17.7. The zero-order valence-corrected chi connectivity index (χ0v) is 14.9. The van der Waals surface area contributed by atoms with E-state index in [0.717, 1.165) is 38.8 Å². The maximum atomic E-state index is 11.7. The molecular formula is C16H17Cl2N5O2. The second-order valence-corrected chi connectivity index (χ2v) is 6.71. The van der Waals surface area contributed by atoms with Crippen LogP contribution in [0.1, 0.15) is 25.7 Å². The summed E-state index contributed by atoms with van der Waals surface area (Å²) in [6.45, 7) is 1.50. The van der Waals surface area contributed by atoms with E-state index in [1.54, 1.807) is 18.2 Å². The Hall–Kier alpha value is -2.12. The molecule has 0 amide bonds. The van der Waals surface area contributed by atoms with Gasteiger partial charge in [0.2, 0.25) is 11.6 Å². The lowest BCUT2D eigenvalue weighted by atomic mass is 10.2. The van der Waals surface area contributed by atoms with E-state index in [1.807, 2.05) is 4.90 Å². The molecule has 3 rings (SSSR count). The van der Waals surface area contributed by atoms with Crippen molar-refractivity contribution in [2.24, 2.45) is 0 Å². The van der Waals surface area contributed by atoms with Crippen LogP contribution < -0.4 is 10.2 Å². The number of nitro groups is 1. The number of nitrogens with one attached hydrogen (secondary N) is 1. The first-order valence-corrected chi connectivity index (χ1v) is 8.77. The van der Waals surface area contributed by atoms with Crippen LogP contribution in [-0.2, 0) is 0 Å². The van der Waals surface area contributed by atoms with Gasteiger partial charge in [0, 0.05) is 28.8 Å². The van der Waals surface area contributed by atoms with Gasteiger partial charge in [-0.05, 0) is 31.0 Å². The van der Waals surface area contributed by atoms with Crippen molar-refractivity contribution in [2.45, 2.75) is 25.7 Å². The van der Waals surface area contributed by atoms with Crippen LogP contribution in [0.4, 0.5) is 23.0 Å². The average molecular weight is 382 g/mol. The molecule has 1 aromatic carbocycles. The molecule has 1 aliphatic heterocycles. The number of anilines is 3. The fourth-order valence-corrected chi connectivity index (χ4v) is 3.43. The maximum Gasteiger partial charge on any atom is 0.353 e. The van der Waals surface area contributed by atoms with Crippen molar-refractivity contribution in [3.63, 3.8) is 0 Å². The molecule has 7 nitrogen and oxygen atoms in total. The molecule has 0 aliphatic carbocycles. The molecule has 0 bridgehead atoms. The summed E-state index contributed by atoms with van der Waals surface area (Å²) in [5, 5.41) is 15.5. The van der Waals surface area contributed by atoms with E-state index >= 15 is 0 Å². The van der Waals surface area contributed by atoms with E-state index in [9.17, 15) is 10.1 Å². The van der Waals surface area contributed by atoms with Gasteiger partial charge in [-0.1, -0.05) is 36.0 Å². The predicted molar refractivity (Wildman–Crippen MR) is 99.1 cm³/mol. The minimum atomic E-state index is -0.450. The third-order valence-corrected chi connectivity index (χ3v) is 4.45. The van der Waals surface area contributed by atoms with Crippen LogP contribution in [0.15, 0.2) is 24.5 Å². The molecule has 1 aliphatic rings. The fraction of sp³-hybridized carbons (Fsp3) is 0.375. The van der Waals surface area contributed by atoms with Gasteiger partial charge in [0.25, 0.3) is 0 Å². The second-order valence-electron chi connectivity index (χ2n) is 5.84. The molecule has 2 heterocycles. The molecule has 132 valence electrons. The van der Waals surface area contributed by atoms with Crippen LogP contribution in [0.25, 0.3) is 0 Å². The van der Waals surface area contributed by atoms with Crippen molar-refractivity contribution in [3.05, 3.63) is 44.7 Å². The van der Waals surface area contributed by atoms with E-state index in [-0.39, 0.29) is 11.5 Å². The zero-order chi connectivity index (χ0) is 17.8. The Kier molecular flexibility index (Phi) is 5.55. The monoisotopic (exact) mass is 381 g/mol. The summed E-state index contributed by atoms with van der Waals surface area (Å²) >= 11 is 12.0. The third-order valence-electron chi connectivity index (χ3n) is 4.02. The van der Waals surface area contributed by atoms with Gasteiger partial charge in [0.05, 0.1) is 4.92 Å². The molecule has 1 N–H and O–H groups in total. The summed E-state index contributed by atoms with van der Waals surface area (Å²) < 4.78 is 0. The molecule has 0 atom stereocenters. The quantitative estimate of drug-likeness (QED) is 0.603. The molecule has 2 aromatic rings. The molecule has 25 heavy (non-hydrogen) atoms. The number of nitrogens with zero attached hydrogens (tertiary/aromatic N) is 4. The largest absolute Gasteiger partial charge is 0.353 e. The van der Waals surface area contributed by atoms with Crippen molar-refractivity contribution in [2.75, 3.05) is 23.3 Å². The minimum absolute atomic E-state index is 0.123. The van der Waals surface area contributed by atoms with Crippen molar-refractivity contribution < 1.29 is 4.92 Å². The summed E-state index contributed by atoms with van der Waals surface area (Å²) in [6, 6.07) is 4.85. The molecule has 1 aromatic heterocycles. The highest BCUT2D eigenvalue weighted by Crippen LogP contribution is 2.35. The van der Waals surface area contributed by atoms with Gasteiger partial charge < -0.3 is 10.2 Å². The van der Waals surface area contributed by atoms with Crippen LogP contribution in [-0.4, -0.2) is 28.0 Å². The predicted octanol–water partition coefficient (Wildman–Crippen LogP) is 4.82. The Bertz CT molecular complexity index is 759. The first-order chi connectivity index (χ1) is 12.0. The fourth-order valence-electron chi connectivity index (χ4n) is 2.91. The van der Waals surface area contributed by atoms with Crippen LogP contribution in [0.2, 0.25) is 10.0 Å². The number of rotatable bonds is 4. The second kappa shape index (κ2) is 7.84. The normalized spacial score (nSPS) is 14.9. The van der Waals surface area contributed by atoms with E-state index in [0.29, 0.717) is 21.6 Å². The smallest absolute Gasteiger partial charge is 0.351 e. The van der Waals surface area contributed by atoms with Gasteiger partial charge in [-0.15, -0.1) is 0 Å². The van der Waals surface area contributed by atoms with Gasteiger partial charge >= 0.3 is 5.69 Å². The Morgan fingerprint density at radius 2 is 1.68 bits per heavy atom. The van der Waals surface area contributed by atoms with Crippen LogP contribution in [0, 0.1) is 10.1 Å². The standard InChI is InChI=1S/C16H17Cl2N5O2/c17-11-7-12(18)9-13(8-11)21-15-14(23(24)25)16(20-10-19-15)22-5-3-1-2-4-6-22/h7-10H,1-6H2,(H,19,20,21). The molecule has 1 saturated heterocycles. The van der Waals surface area contributed by atoms with Gasteiger partial charge in [-0.25, -0.2) is 9.97 Å². The van der Waals surface area contributed by atoms with Crippen molar-refractivity contribution >= 4 is 46.2 Å². The lowest BCUT2D eigenvalue weighted by Gasteiger charge is -2.21. The summed E-state index contributed by atoms with van der Waals surface area (Å²) in [5.41, 5.74) is 0.390. The maximum absolute atomic E-state index is 11.7. The molecule has 0 spiro atoms. The third kappa shape index (κ3) is 4.29. The molecule has 1 fully saturated rings. The molecule has 0 radical (unpaired) electrons. The van der Waals surface area contributed by atoms with Crippen molar-refractivity contribution in [3.8, 4) is 0 Å². The summed E-state index contributed by atoms with van der Waals surface area (Å²) in [6.07, 6.45) is 5.58. The molecule has 0 unspecified atom stereocenters. The van der Waals surface area contributed by atoms with Crippen molar-refractivity contribution in [1.29, 1.82) is 0 Å². The SMILES string of the molecule is O=[N+]([O-])c1c(Nc2cc(Cl)cc(Cl)c2)ncnc1N1CCCCCC1. The highest BCUT2D eigenvalue weighted by atomic mass is 35.5. The first-order valence-electron chi connectivity index (χ1n) is 8.02. The highest BCUT2D eigenvalue weighted by Gasteiger charge is 2.27. The van der Waals surface area contributed by atoms with E-state index < -0.39 is 4.92 Å².